The van der Waals surface area contributed by atoms with Crippen molar-refractivity contribution in [3.8, 4) is 0 Å². The van der Waals surface area contributed by atoms with Gasteiger partial charge in [-0.2, -0.15) is 0 Å². The van der Waals surface area contributed by atoms with Crippen LogP contribution in [0.5, 0.6) is 0 Å². The molecular formula is C19H24N2O. The number of hydrogen-bond donors (Lipinski definition) is 2. The molecular weight excluding hydrogens is 272 g/mol. The number of rotatable bonds is 4. The third-order valence-electron chi connectivity index (χ3n) is 3.67. The first kappa shape index (κ1) is 16.1. The summed E-state index contributed by atoms with van der Waals surface area (Å²) < 4.78 is 0. The van der Waals surface area contributed by atoms with Crippen molar-refractivity contribution in [2.24, 2.45) is 0 Å². The van der Waals surface area contributed by atoms with Crippen molar-refractivity contribution in [3.63, 3.8) is 0 Å². The van der Waals surface area contributed by atoms with Crippen LogP contribution in [0.15, 0.2) is 48.5 Å². The Bertz CT molecular complexity index is 630. The van der Waals surface area contributed by atoms with Gasteiger partial charge in [0.1, 0.15) is 0 Å². The van der Waals surface area contributed by atoms with Gasteiger partial charge in [0.05, 0.1) is 0 Å². The zero-order valence-electron chi connectivity index (χ0n) is 13.7. The summed E-state index contributed by atoms with van der Waals surface area (Å²) in [6.07, 6.45) is 0. The summed E-state index contributed by atoms with van der Waals surface area (Å²) in [6.45, 7) is 8.53. The van der Waals surface area contributed by atoms with E-state index in [9.17, 15) is 4.79 Å². The number of carbonyl (C=O) groups excluding carboxylic acids is 1. The predicted octanol–water partition coefficient (Wildman–Crippen LogP) is 5.58. The predicted molar refractivity (Wildman–Crippen MR) is 93.7 cm³/mol. The van der Waals surface area contributed by atoms with Crippen LogP contribution >= 0.6 is 0 Å². The molecule has 0 saturated carbocycles. The van der Waals surface area contributed by atoms with E-state index in [1.165, 1.54) is 5.56 Å². The van der Waals surface area contributed by atoms with Gasteiger partial charge in [0.25, 0.3) is 0 Å². The number of amides is 2. The Morgan fingerprint density at radius 2 is 1.45 bits per heavy atom. The van der Waals surface area contributed by atoms with E-state index in [2.05, 4.69) is 38.3 Å². The number of nitrogens with one attached hydrogen (secondary N) is 2. The number of hydrogen-bond acceptors (Lipinski definition) is 1. The van der Waals surface area contributed by atoms with E-state index in [0.29, 0.717) is 11.8 Å². The first-order chi connectivity index (χ1) is 10.5. The van der Waals surface area contributed by atoms with Gasteiger partial charge in [0, 0.05) is 11.4 Å². The molecule has 3 heteroatoms. The topological polar surface area (TPSA) is 41.1 Å². The van der Waals surface area contributed by atoms with Crippen molar-refractivity contribution in [3.05, 3.63) is 59.7 Å². The maximum atomic E-state index is 12.2. The number of para-hydroxylation sites is 1. The molecule has 2 amide bonds. The molecule has 0 aliphatic heterocycles. The molecule has 0 fully saturated rings. The molecule has 0 aliphatic carbocycles. The first-order valence-corrected chi connectivity index (χ1v) is 7.74. The molecule has 22 heavy (non-hydrogen) atoms. The molecule has 0 atom stereocenters. The second-order valence-electron chi connectivity index (χ2n) is 6.10. The van der Waals surface area contributed by atoms with Crippen molar-refractivity contribution in [2.45, 2.75) is 39.5 Å². The largest absolute Gasteiger partial charge is 0.323 e. The van der Waals surface area contributed by atoms with Crippen molar-refractivity contribution in [1.82, 2.24) is 0 Å². The number of anilines is 2. The van der Waals surface area contributed by atoms with Gasteiger partial charge in [-0.05, 0) is 41.2 Å². The first-order valence-electron chi connectivity index (χ1n) is 7.74. The van der Waals surface area contributed by atoms with Gasteiger partial charge in [-0.1, -0.05) is 58.0 Å². The normalized spacial score (nSPS) is 10.8. The van der Waals surface area contributed by atoms with E-state index in [1.54, 1.807) is 0 Å². The lowest BCUT2D eigenvalue weighted by molar-refractivity contribution is 0.262. The number of urea groups is 1. The van der Waals surface area contributed by atoms with Crippen molar-refractivity contribution in [2.75, 3.05) is 10.6 Å². The highest BCUT2D eigenvalue weighted by atomic mass is 16.2. The lowest BCUT2D eigenvalue weighted by Crippen LogP contribution is -2.20. The zero-order chi connectivity index (χ0) is 16.1. The Hall–Kier alpha value is -2.29. The molecule has 2 N–H and O–H groups in total. The molecule has 0 saturated heterocycles. The van der Waals surface area contributed by atoms with Crippen LogP contribution in [0.25, 0.3) is 0 Å². The van der Waals surface area contributed by atoms with E-state index in [4.69, 9.17) is 0 Å². The molecule has 0 radical (unpaired) electrons. The Labute approximate surface area is 132 Å². The zero-order valence-corrected chi connectivity index (χ0v) is 13.7. The van der Waals surface area contributed by atoms with Crippen LogP contribution in [0.3, 0.4) is 0 Å². The molecule has 3 nitrogen and oxygen atoms in total. The summed E-state index contributed by atoms with van der Waals surface area (Å²) in [4.78, 5) is 12.2. The lowest BCUT2D eigenvalue weighted by Gasteiger charge is -2.14. The van der Waals surface area contributed by atoms with E-state index in [1.807, 2.05) is 48.5 Å². The maximum Gasteiger partial charge on any atom is 0.323 e. The average molecular weight is 296 g/mol. The SMILES string of the molecule is CC(C)c1ccc(NC(=O)Nc2ccccc2C(C)C)cc1. The Morgan fingerprint density at radius 3 is 2.05 bits per heavy atom. The summed E-state index contributed by atoms with van der Waals surface area (Å²) in [5.41, 5.74) is 4.04. The van der Waals surface area contributed by atoms with E-state index in [-0.39, 0.29) is 6.03 Å². The van der Waals surface area contributed by atoms with Crippen LogP contribution in [-0.2, 0) is 0 Å². The minimum atomic E-state index is -0.217. The van der Waals surface area contributed by atoms with Gasteiger partial charge >= 0.3 is 6.03 Å². The van der Waals surface area contributed by atoms with Gasteiger partial charge in [-0.15, -0.1) is 0 Å². The maximum absolute atomic E-state index is 12.2. The molecule has 0 spiro atoms. The van der Waals surface area contributed by atoms with Crippen LogP contribution in [0.2, 0.25) is 0 Å². The van der Waals surface area contributed by atoms with Gasteiger partial charge in [-0.25, -0.2) is 4.79 Å². The van der Waals surface area contributed by atoms with Crippen molar-refractivity contribution in [1.29, 1.82) is 0 Å². The summed E-state index contributed by atoms with van der Waals surface area (Å²) in [5, 5.41) is 5.80. The standard InChI is InChI=1S/C19H24N2O/c1-13(2)15-9-11-16(12-10-15)20-19(22)21-18-8-6-5-7-17(18)14(3)4/h5-14H,1-4H3,(H2,20,21,22). The second kappa shape index (κ2) is 7.12. The Balaban J connectivity index is 2.04. The van der Waals surface area contributed by atoms with Gasteiger partial charge in [-0.3, -0.25) is 0 Å². The summed E-state index contributed by atoms with van der Waals surface area (Å²) >= 11 is 0. The van der Waals surface area contributed by atoms with Crippen molar-refractivity contribution >= 4 is 17.4 Å². The quantitative estimate of drug-likeness (QED) is 0.760. The highest BCUT2D eigenvalue weighted by Gasteiger charge is 2.09. The monoisotopic (exact) mass is 296 g/mol. The Morgan fingerprint density at radius 1 is 0.818 bits per heavy atom. The minimum absolute atomic E-state index is 0.217. The summed E-state index contributed by atoms with van der Waals surface area (Å²) in [5.74, 6) is 0.850. The number of benzene rings is 2. The van der Waals surface area contributed by atoms with Crippen LogP contribution in [0.4, 0.5) is 16.2 Å². The minimum Gasteiger partial charge on any atom is -0.308 e. The molecule has 0 heterocycles. The smallest absolute Gasteiger partial charge is 0.308 e. The summed E-state index contributed by atoms with van der Waals surface area (Å²) in [7, 11) is 0. The summed E-state index contributed by atoms with van der Waals surface area (Å²) in [6, 6.07) is 15.6. The second-order valence-corrected chi connectivity index (χ2v) is 6.10. The average Bonchev–Trinajstić information content (AvgIpc) is 2.48. The van der Waals surface area contributed by atoms with Gasteiger partial charge in [0.15, 0.2) is 0 Å². The van der Waals surface area contributed by atoms with E-state index < -0.39 is 0 Å². The van der Waals surface area contributed by atoms with Crippen LogP contribution in [0, 0.1) is 0 Å². The van der Waals surface area contributed by atoms with Gasteiger partial charge in [0.2, 0.25) is 0 Å². The molecule has 2 aromatic rings. The molecule has 2 aromatic carbocycles. The molecule has 0 aliphatic rings. The third kappa shape index (κ3) is 4.10. The van der Waals surface area contributed by atoms with Gasteiger partial charge < -0.3 is 10.6 Å². The fraction of sp³-hybridized carbons (Fsp3) is 0.316. The fourth-order valence-corrected chi connectivity index (χ4v) is 2.35. The third-order valence-corrected chi connectivity index (χ3v) is 3.67. The highest BCUT2D eigenvalue weighted by Crippen LogP contribution is 2.24. The molecule has 0 aromatic heterocycles. The van der Waals surface area contributed by atoms with E-state index >= 15 is 0 Å². The van der Waals surface area contributed by atoms with Crippen LogP contribution < -0.4 is 10.6 Å². The van der Waals surface area contributed by atoms with Crippen LogP contribution in [0.1, 0.15) is 50.7 Å². The molecule has 0 bridgehead atoms. The lowest BCUT2D eigenvalue weighted by atomic mass is 10.0. The van der Waals surface area contributed by atoms with Crippen molar-refractivity contribution < 1.29 is 4.79 Å². The molecule has 2 rings (SSSR count). The number of carbonyl (C=O) groups is 1. The fourth-order valence-electron chi connectivity index (χ4n) is 2.35. The molecule has 0 unspecified atom stereocenters. The highest BCUT2D eigenvalue weighted by molar-refractivity contribution is 6.00. The van der Waals surface area contributed by atoms with Crippen LogP contribution in [-0.4, -0.2) is 6.03 Å². The molecule has 116 valence electrons. The van der Waals surface area contributed by atoms with E-state index in [0.717, 1.165) is 16.9 Å². The Kier molecular flexibility index (Phi) is 5.21.